The van der Waals surface area contributed by atoms with E-state index in [0.29, 0.717) is 11.7 Å². The van der Waals surface area contributed by atoms with E-state index in [1.54, 1.807) is 6.92 Å². The monoisotopic (exact) mass is 224 g/mol. The van der Waals surface area contributed by atoms with Gasteiger partial charge >= 0.3 is 0 Å². The Kier molecular flexibility index (Phi) is 6.75. The van der Waals surface area contributed by atoms with Gasteiger partial charge in [0.05, 0.1) is 0 Å². The molecule has 0 amide bonds. The Morgan fingerprint density at radius 1 is 1.00 bits per heavy atom. The first-order valence-corrected chi connectivity index (χ1v) is 7.26. The quantitative estimate of drug-likeness (QED) is 0.490. The third kappa shape index (κ3) is 5.67. The standard InChI is InChI=1S/C15H28O/c1-3-4-5-6-7-8-9-10-11-14-12-15(14)13(2)16/h14-15H,3-12H2,1-2H3. The van der Waals surface area contributed by atoms with E-state index in [-0.39, 0.29) is 0 Å². The SMILES string of the molecule is CCCCCCCCCCC1CC1C(C)=O. The van der Waals surface area contributed by atoms with E-state index in [0.717, 1.165) is 5.92 Å². The molecule has 0 radical (unpaired) electrons. The van der Waals surface area contributed by atoms with Crippen molar-refractivity contribution in [3.05, 3.63) is 0 Å². The second-order valence-corrected chi connectivity index (χ2v) is 5.48. The second kappa shape index (κ2) is 7.86. The minimum absolute atomic E-state index is 0.421. The number of Topliss-reactive ketones (excluding diaryl/α,β-unsaturated/α-hetero) is 1. The number of rotatable bonds is 10. The summed E-state index contributed by atoms with van der Waals surface area (Å²) in [7, 11) is 0. The van der Waals surface area contributed by atoms with Crippen molar-refractivity contribution in [1.82, 2.24) is 0 Å². The Hall–Kier alpha value is -0.330. The number of carbonyl (C=O) groups is 1. The molecule has 0 heterocycles. The number of ketones is 1. The van der Waals surface area contributed by atoms with Gasteiger partial charge in [-0.3, -0.25) is 4.79 Å². The van der Waals surface area contributed by atoms with Gasteiger partial charge in [0, 0.05) is 5.92 Å². The molecule has 1 nitrogen and oxygen atoms in total. The number of unbranched alkanes of at least 4 members (excludes halogenated alkanes) is 7. The molecule has 0 aromatic heterocycles. The lowest BCUT2D eigenvalue weighted by molar-refractivity contribution is -0.118. The average molecular weight is 224 g/mol. The smallest absolute Gasteiger partial charge is 0.133 e. The highest BCUT2D eigenvalue weighted by molar-refractivity contribution is 5.81. The summed E-state index contributed by atoms with van der Waals surface area (Å²) in [6.07, 6.45) is 13.6. The number of carbonyl (C=O) groups excluding carboxylic acids is 1. The Bertz CT molecular complexity index is 198. The minimum Gasteiger partial charge on any atom is -0.300 e. The highest BCUT2D eigenvalue weighted by Gasteiger charge is 2.39. The maximum Gasteiger partial charge on any atom is 0.133 e. The van der Waals surface area contributed by atoms with Crippen LogP contribution in [0.2, 0.25) is 0 Å². The summed E-state index contributed by atoms with van der Waals surface area (Å²) < 4.78 is 0. The van der Waals surface area contributed by atoms with Crippen LogP contribution in [0.15, 0.2) is 0 Å². The third-order valence-corrected chi connectivity index (χ3v) is 3.87. The molecular weight excluding hydrogens is 196 g/mol. The van der Waals surface area contributed by atoms with Gasteiger partial charge in [-0.15, -0.1) is 0 Å². The van der Waals surface area contributed by atoms with Gasteiger partial charge in [-0.05, 0) is 25.7 Å². The molecule has 1 aliphatic rings. The van der Waals surface area contributed by atoms with E-state index in [1.165, 1.54) is 64.2 Å². The summed E-state index contributed by atoms with van der Waals surface area (Å²) in [4.78, 5) is 11.1. The molecule has 1 rings (SSSR count). The summed E-state index contributed by atoms with van der Waals surface area (Å²) in [6, 6.07) is 0. The zero-order valence-corrected chi connectivity index (χ0v) is 11.1. The fourth-order valence-electron chi connectivity index (χ4n) is 2.60. The molecule has 1 heteroatoms. The van der Waals surface area contributed by atoms with Crippen molar-refractivity contribution in [2.75, 3.05) is 0 Å². The van der Waals surface area contributed by atoms with Crippen molar-refractivity contribution in [1.29, 1.82) is 0 Å². The van der Waals surface area contributed by atoms with Crippen molar-refractivity contribution in [2.45, 2.75) is 78.1 Å². The predicted octanol–water partition coefficient (Wildman–Crippen LogP) is 4.74. The van der Waals surface area contributed by atoms with Crippen LogP contribution in [0.5, 0.6) is 0 Å². The average Bonchev–Trinajstić information content (AvgIpc) is 3.01. The molecule has 94 valence electrons. The number of hydrogen-bond donors (Lipinski definition) is 0. The van der Waals surface area contributed by atoms with E-state index < -0.39 is 0 Å². The lowest BCUT2D eigenvalue weighted by Crippen LogP contribution is -1.95. The predicted molar refractivity (Wildman–Crippen MR) is 69.5 cm³/mol. The molecule has 0 spiro atoms. The van der Waals surface area contributed by atoms with Crippen LogP contribution in [0.1, 0.15) is 78.1 Å². The zero-order chi connectivity index (χ0) is 11.8. The minimum atomic E-state index is 0.421. The van der Waals surface area contributed by atoms with Gasteiger partial charge in [-0.1, -0.05) is 58.3 Å². The molecule has 16 heavy (non-hydrogen) atoms. The van der Waals surface area contributed by atoms with Crippen LogP contribution in [0.25, 0.3) is 0 Å². The van der Waals surface area contributed by atoms with Crippen LogP contribution in [-0.2, 0) is 4.79 Å². The molecule has 0 aromatic carbocycles. The first-order chi connectivity index (χ1) is 7.75. The van der Waals surface area contributed by atoms with Crippen LogP contribution in [0, 0.1) is 11.8 Å². The fourth-order valence-corrected chi connectivity index (χ4v) is 2.60. The lowest BCUT2D eigenvalue weighted by Gasteiger charge is -2.01. The first kappa shape index (κ1) is 13.7. The molecule has 0 N–H and O–H groups in total. The van der Waals surface area contributed by atoms with E-state index in [2.05, 4.69) is 6.92 Å². The third-order valence-electron chi connectivity index (χ3n) is 3.87. The summed E-state index contributed by atoms with van der Waals surface area (Å²) in [5.74, 6) is 1.63. The Balaban J connectivity index is 1.78. The normalized spacial score (nSPS) is 23.4. The summed E-state index contributed by atoms with van der Waals surface area (Å²) >= 11 is 0. The largest absolute Gasteiger partial charge is 0.300 e. The highest BCUT2D eigenvalue weighted by atomic mass is 16.1. The van der Waals surface area contributed by atoms with Crippen LogP contribution in [0.4, 0.5) is 0 Å². The zero-order valence-electron chi connectivity index (χ0n) is 11.1. The summed E-state index contributed by atoms with van der Waals surface area (Å²) in [5, 5.41) is 0. The van der Waals surface area contributed by atoms with Gasteiger partial charge in [0.25, 0.3) is 0 Å². The van der Waals surface area contributed by atoms with Gasteiger partial charge in [0.1, 0.15) is 5.78 Å². The van der Waals surface area contributed by atoms with Gasteiger partial charge in [0.2, 0.25) is 0 Å². The van der Waals surface area contributed by atoms with E-state index in [4.69, 9.17) is 0 Å². The molecule has 1 saturated carbocycles. The Labute approximate surface area is 101 Å². The lowest BCUT2D eigenvalue weighted by atomic mass is 10.1. The second-order valence-electron chi connectivity index (χ2n) is 5.48. The molecule has 2 unspecified atom stereocenters. The van der Waals surface area contributed by atoms with Crippen LogP contribution in [-0.4, -0.2) is 5.78 Å². The van der Waals surface area contributed by atoms with Gasteiger partial charge in [0.15, 0.2) is 0 Å². The van der Waals surface area contributed by atoms with Gasteiger partial charge < -0.3 is 0 Å². The molecule has 1 fully saturated rings. The molecule has 1 aliphatic carbocycles. The summed E-state index contributed by atoms with van der Waals surface area (Å²) in [6.45, 7) is 4.01. The Morgan fingerprint density at radius 3 is 2.06 bits per heavy atom. The highest BCUT2D eigenvalue weighted by Crippen LogP contribution is 2.42. The molecule has 0 aliphatic heterocycles. The van der Waals surface area contributed by atoms with Crippen molar-refractivity contribution in [2.24, 2.45) is 11.8 Å². The first-order valence-electron chi connectivity index (χ1n) is 7.26. The van der Waals surface area contributed by atoms with Crippen molar-refractivity contribution < 1.29 is 4.79 Å². The molecule has 2 atom stereocenters. The van der Waals surface area contributed by atoms with Crippen molar-refractivity contribution in [3.63, 3.8) is 0 Å². The number of hydrogen-bond acceptors (Lipinski definition) is 1. The van der Waals surface area contributed by atoms with Gasteiger partial charge in [-0.25, -0.2) is 0 Å². The molecule has 0 saturated heterocycles. The maximum atomic E-state index is 11.1. The molecular formula is C15H28O. The van der Waals surface area contributed by atoms with E-state index in [1.807, 2.05) is 0 Å². The maximum absolute atomic E-state index is 11.1. The van der Waals surface area contributed by atoms with Gasteiger partial charge in [-0.2, -0.15) is 0 Å². The van der Waals surface area contributed by atoms with E-state index in [9.17, 15) is 4.79 Å². The van der Waals surface area contributed by atoms with Crippen LogP contribution in [0.3, 0.4) is 0 Å². The Morgan fingerprint density at radius 2 is 1.56 bits per heavy atom. The summed E-state index contributed by atoms with van der Waals surface area (Å²) in [5.41, 5.74) is 0. The van der Waals surface area contributed by atoms with Crippen LogP contribution < -0.4 is 0 Å². The molecule has 0 aromatic rings. The van der Waals surface area contributed by atoms with Crippen LogP contribution >= 0.6 is 0 Å². The van der Waals surface area contributed by atoms with E-state index >= 15 is 0 Å². The fraction of sp³-hybridized carbons (Fsp3) is 0.933. The topological polar surface area (TPSA) is 17.1 Å². The molecule has 0 bridgehead atoms. The van der Waals surface area contributed by atoms with Crippen molar-refractivity contribution >= 4 is 5.78 Å². The van der Waals surface area contributed by atoms with Crippen molar-refractivity contribution in [3.8, 4) is 0 Å².